The van der Waals surface area contributed by atoms with E-state index in [4.69, 9.17) is 0 Å². The number of nitrogens with zero attached hydrogens (tertiary/aromatic N) is 2. The number of nitrogens with one attached hydrogen (secondary N) is 1. The predicted octanol–water partition coefficient (Wildman–Crippen LogP) is 4.53. The summed E-state index contributed by atoms with van der Waals surface area (Å²) in [4.78, 5) is 10.5. The van der Waals surface area contributed by atoms with Crippen LogP contribution in [0.15, 0.2) is 36.4 Å². The molecule has 130 valence electrons. The summed E-state index contributed by atoms with van der Waals surface area (Å²) in [6.45, 7) is 4.44. The Labute approximate surface area is 145 Å². The van der Waals surface area contributed by atoms with Gasteiger partial charge in [-0.2, -0.15) is 0 Å². The minimum absolute atomic E-state index is 0.529. The molecule has 3 nitrogen and oxygen atoms in total. The third-order valence-electron chi connectivity index (χ3n) is 5.05. The van der Waals surface area contributed by atoms with Crippen molar-refractivity contribution in [3.05, 3.63) is 53.9 Å². The van der Waals surface area contributed by atoms with E-state index in [0.717, 1.165) is 48.0 Å². The summed E-state index contributed by atoms with van der Waals surface area (Å²) in [7, 11) is 0. The topological polar surface area (TPSA) is 31.9 Å². The Morgan fingerprint density at radius 1 is 1.12 bits per heavy atom. The molecule has 2 heterocycles. The fourth-order valence-corrected chi connectivity index (χ4v) is 3.66. The van der Waals surface area contributed by atoms with Crippen molar-refractivity contribution in [2.45, 2.75) is 32.2 Å². The van der Waals surface area contributed by atoms with Crippen LogP contribution in [0.1, 0.15) is 25.6 Å². The molecular weight excluding hydrogens is 320 g/mol. The molecule has 4 rings (SSSR count). The Bertz CT molecular complexity index is 883. The summed E-state index contributed by atoms with van der Waals surface area (Å²) in [5, 5.41) is 0. The monoisotopic (exact) mass is 341 g/mol. The van der Waals surface area contributed by atoms with Crippen LogP contribution in [0.2, 0.25) is 0 Å². The number of benzene rings is 2. The largest absolute Gasteiger partial charge is 0.342 e. The van der Waals surface area contributed by atoms with Crippen molar-refractivity contribution in [1.82, 2.24) is 14.9 Å². The smallest absolute Gasteiger partial charge is 0.126 e. The van der Waals surface area contributed by atoms with E-state index in [1.807, 2.05) is 18.2 Å². The van der Waals surface area contributed by atoms with Gasteiger partial charge in [0.15, 0.2) is 0 Å². The van der Waals surface area contributed by atoms with Gasteiger partial charge >= 0.3 is 0 Å². The molecule has 0 radical (unpaired) electrons. The Morgan fingerprint density at radius 3 is 2.64 bits per heavy atom. The Kier molecular flexibility index (Phi) is 4.25. The molecule has 0 spiro atoms. The van der Waals surface area contributed by atoms with Gasteiger partial charge in [0.25, 0.3) is 0 Å². The summed E-state index contributed by atoms with van der Waals surface area (Å²) in [5.41, 5.74) is 3.08. The molecule has 1 saturated heterocycles. The number of imidazole rings is 1. The highest BCUT2D eigenvalue weighted by molar-refractivity contribution is 5.82. The van der Waals surface area contributed by atoms with Crippen LogP contribution in [0.25, 0.3) is 22.2 Å². The summed E-state index contributed by atoms with van der Waals surface area (Å²) < 4.78 is 26.9. The summed E-state index contributed by atoms with van der Waals surface area (Å²) in [6, 6.07) is 9.87. The Morgan fingerprint density at radius 2 is 1.92 bits per heavy atom. The van der Waals surface area contributed by atoms with Crippen molar-refractivity contribution in [3.63, 3.8) is 0 Å². The second-order valence-electron chi connectivity index (χ2n) is 6.85. The van der Waals surface area contributed by atoms with E-state index < -0.39 is 11.6 Å². The van der Waals surface area contributed by atoms with E-state index in [1.165, 1.54) is 25.0 Å². The maximum absolute atomic E-state index is 13.4. The third-order valence-corrected chi connectivity index (χ3v) is 5.05. The van der Waals surface area contributed by atoms with E-state index in [1.54, 1.807) is 0 Å². The number of halogens is 2. The average Bonchev–Trinajstić information content (AvgIpc) is 3.16. The molecule has 0 bridgehead atoms. The van der Waals surface area contributed by atoms with Crippen molar-refractivity contribution < 1.29 is 8.78 Å². The van der Waals surface area contributed by atoms with Crippen molar-refractivity contribution in [2.75, 3.05) is 13.1 Å². The molecule has 1 atom stereocenters. The number of rotatable bonds is 4. The first-order valence-electron chi connectivity index (χ1n) is 8.78. The number of aromatic amines is 1. The maximum atomic E-state index is 13.4. The minimum Gasteiger partial charge on any atom is -0.342 e. The molecule has 1 aromatic heterocycles. The number of aromatic nitrogens is 2. The second-order valence-corrected chi connectivity index (χ2v) is 6.85. The lowest BCUT2D eigenvalue weighted by atomic mass is 10.0. The normalized spacial score (nSPS) is 18.3. The van der Waals surface area contributed by atoms with Gasteiger partial charge in [-0.15, -0.1) is 0 Å². The highest BCUT2D eigenvalue weighted by Gasteiger charge is 2.19. The van der Waals surface area contributed by atoms with Gasteiger partial charge in [-0.1, -0.05) is 6.07 Å². The van der Waals surface area contributed by atoms with Crippen molar-refractivity contribution in [1.29, 1.82) is 0 Å². The van der Waals surface area contributed by atoms with Gasteiger partial charge in [0.1, 0.15) is 17.5 Å². The number of fused-ring (bicyclic) bond motifs is 1. The van der Waals surface area contributed by atoms with Gasteiger partial charge in [-0.25, -0.2) is 13.8 Å². The highest BCUT2D eigenvalue weighted by atomic mass is 19.1. The molecule has 0 unspecified atom stereocenters. The number of likely N-dealkylation sites (tertiary alicyclic amines) is 1. The molecule has 0 aliphatic carbocycles. The molecule has 2 aromatic carbocycles. The fraction of sp³-hybridized carbons (Fsp3) is 0.350. The Hall–Kier alpha value is -2.27. The van der Waals surface area contributed by atoms with Crippen LogP contribution in [0, 0.1) is 11.6 Å². The predicted molar refractivity (Wildman–Crippen MR) is 95.4 cm³/mol. The SMILES string of the molecule is C[C@@H]1CCCN1CCc1nc2ccc(-c3cc(F)cc(F)c3)cc2[nH]1. The maximum Gasteiger partial charge on any atom is 0.126 e. The molecule has 25 heavy (non-hydrogen) atoms. The van der Waals surface area contributed by atoms with Crippen LogP contribution >= 0.6 is 0 Å². The molecule has 5 heteroatoms. The van der Waals surface area contributed by atoms with Gasteiger partial charge in [-0.05, 0) is 61.7 Å². The Balaban J connectivity index is 1.56. The number of hydrogen-bond donors (Lipinski definition) is 1. The summed E-state index contributed by atoms with van der Waals surface area (Å²) in [6.07, 6.45) is 3.42. The van der Waals surface area contributed by atoms with E-state index >= 15 is 0 Å². The van der Waals surface area contributed by atoms with Gasteiger partial charge in [0.05, 0.1) is 11.0 Å². The van der Waals surface area contributed by atoms with Crippen molar-refractivity contribution in [2.24, 2.45) is 0 Å². The molecule has 0 saturated carbocycles. The molecule has 1 N–H and O–H groups in total. The number of H-pyrrole nitrogens is 1. The molecule has 1 fully saturated rings. The lowest BCUT2D eigenvalue weighted by Gasteiger charge is -2.19. The van der Waals surface area contributed by atoms with Crippen LogP contribution in [-0.2, 0) is 6.42 Å². The molecule has 3 aromatic rings. The van der Waals surface area contributed by atoms with Crippen LogP contribution < -0.4 is 0 Å². The quantitative estimate of drug-likeness (QED) is 0.756. The van der Waals surface area contributed by atoms with E-state index in [9.17, 15) is 8.78 Å². The molecule has 1 aliphatic rings. The number of hydrogen-bond acceptors (Lipinski definition) is 2. The van der Waals surface area contributed by atoms with E-state index in [0.29, 0.717) is 11.6 Å². The van der Waals surface area contributed by atoms with Crippen LogP contribution in [0.5, 0.6) is 0 Å². The second kappa shape index (κ2) is 6.56. The zero-order valence-electron chi connectivity index (χ0n) is 14.2. The lowest BCUT2D eigenvalue weighted by molar-refractivity contribution is 0.271. The highest BCUT2D eigenvalue weighted by Crippen LogP contribution is 2.25. The van der Waals surface area contributed by atoms with Gasteiger partial charge in [-0.3, -0.25) is 0 Å². The fourth-order valence-electron chi connectivity index (χ4n) is 3.66. The lowest BCUT2D eigenvalue weighted by Crippen LogP contribution is -2.29. The van der Waals surface area contributed by atoms with Crippen LogP contribution in [0.4, 0.5) is 8.78 Å². The van der Waals surface area contributed by atoms with Gasteiger partial charge < -0.3 is 9.88 Å². The summed E-state index contributed by atoms with van der Waals surface area (Å²) >= 11 is 0. The zero-order valence-corrected chi connectivity index (χ0v) is 14.2. The molecule has 1 aliphatic heterocycles. The average molecular weight is 341 g/mol. The van der Waals surface area contributed by atoms with E-state index in [2.05, 4.69) is 21.8 Å². The first-order chi connectivity index (χ1) is 12.1. The molecule has 0 amide bonds. The third kappa shape index (κ3) is 3.42. The standard InChI is InChI=1S/C20H21F2N3/c1-13-3-2-7-25(13)8-6-20-23-18-5-4-14(11-19(18)24-20)15-9-16(21)12-17(22)10-15/h4-5,9-13H,2-3,6-8H2,1H3,(H,23,24)/t13-/m1/s1. The van der Waals surface area contributed by atoms with Gasteiger partial charge in [0.2, 0.25) is 0 Å². The van der Waals surface area contributed by atoms with Crippen LogP contribution in [-0.4, -0.2) is 34.0 Å². The molecular formula is C20H21F2N3. The zero-order chi connectivity index (χ0) is 17.4. The summed E-state index contributed by atoms with van der Waals surface area (Å²) in [5.74, 6) is -0.183. The van der Waals surface area contributed by atoms with Gasteiger partial charge in [0, 0.05) is 25.1 Å². The van der Waals surface area contributed by atoms with Crippen LogP contribution in [0.3, 0.4) is 0 Å². The van der Waals surface area contributed by atoms with E-state index in [-0.39, 0.29) is 0 Å². The first kappa shape index (κ1) is 16.2. The van der Waals surface area contributed by atoms with Crippen molar-refractivity contribution in [3.8, 4) is 11.1 Å². The van der Waals surface area contributed by atoms with Crippen molar-refractivity contribution >= 4 is 11.0 Å². The minimum atomic E-state index is -0.569. The first-order valence-corrected chi connectivity index (χ1v) is 8.78.